The molecule has 0 aliphatic carbocycles. The molecular weight excluding hydrogens is 278 g/mol. The topological polar surface area (TPSA) is 69.0 Å². The summed E-state index contributed by atoms with van der Waals surface area (Å²) in [6.45, 7) is 6.27. The average Bonchev–Trinajstić information content (AvgIpc) is 3.00. The van der Waals surface area contributed by atoms with Gasteiger partial charge in [-0.1, -0.05) is 24.3 Å². The van der Waals surface area contributed by atoms with Gasteiger partial charge >= 0.3 is 5.69 Å². The predicted octanol–water partition coefficient (Wildman–Crippen LogP) is 2.20. The van der Waals surface area contributed by atoms with Crippen molar-refractivity contribution in [3.63, 3.8) is 0 Å². The Balaban J connectivity index is 1.92. The monoisotopic (exact) mass is 299 g/mol. The van der Waals surface area contributed by atoms with Gasteiger partial charge in [0.15, 0.2) is 0 Å². The van der Waals surface area contributed by atoms with E-state index in [-0.39, 0.29) is 5.56 Å². The molecule has 5 heteroatoms. The second-order valence-corrected chi connectivity index (χ2v) is 5.95. The third kappa shape index (κ3) is 2.76. The van der Waals surface area contributed by atoms with Crippen molar-refractivity contribution in [2.75, 3.05) is 13.1 Å². The molecule has 3 rings (SSSR count). The summed E-state index contributed by atoms with van der Waals surface area (Å²) in [6.07, 6.45) is 2.54. The van der Waals surface area contributed by atoms with Gasteiger partial charge in [0.1, 0.15) is 0 Å². The van der Waals surface area contributed by atoms with Crippen LogP contribution in [0, 0.1) is 6.92 Å². The van der Waals surface area contributed by atoms with Crippen LogP contribution in [0.5, 0.6) is 0 Å². The molecule has 1 aromatic heterocycles. The largest absolute Gasteiger partial charge is 0.325 e. The second-order valence-electron chi connectivity index (χ2n) is 5.95. The van der Waals surface area contributed by atoms with Gasteiger partial charge in [0.05, 0.1) is 5.56 Å². The first kappa shape index (κ1) is 14.8. The number of aromatic nitrogens is 2. The molecule has 116 valence electrons. The summed E-state index contributed by atoms with van der Waals surface area (Å²) in [6, 6.07) is 8.45. The lowest BCUT2D eigenvalue weighted by Gasteiger charge is -2.24. The molecule has 1 fully saturated rings. The van der Waals surface area contributed by atoms with Gasteiger partial charge < -0.3 is 4.98 Å². The molecule has 2 heterocycles. The zero-order valence-electron chi connectivity index (χ0n) is 13.0. The highest BCUT2D eigenvalue weighted by Gasteiger charge is 2.19. The van der Waals surface area contributed by atoms with Gasteiger partial charge in [0.25, 0.3) is 5.56 Å². The van der Waals surface area contributed by atoms with Crippen molar-refractivity contribution in [2.45, 2.75) is 32.7 Å². The number of benzene rings is 1. The van der Waals surface area contributed by atoms with Crippen LogP contribution in [-0.2, 0) is 0 Å². The Morgan fingerprint density at radius 3 is 2.27 bits per heavy atom. The van der Waals surface area contributed by atoms with Crippen LogP contribution in [0.25, 0.3) is 11.1 Å². The van der Waals surface area contributed by atoms with Gasteiger partial charge in [0, 0.05) is 11.7 Å². The maximum Gasteiger partial charge on any atom is 0.325 e. The van der Waals surface area contributed by atoms with E-state index >= 15 is 0 Å². The van der Waals surface area contributed by atoms with Crippen molar-refractivity contribution in [1.82, 2.24) is 14.9 Å². The van der Waals surface area contributed by atoms with Gasteiger partial charge in [-0.2, -0.15) is 0 Å². The average molecular weight is 299 g/mol. The number of nitrogens with zero attached hydrogens (tertiary/aromatic N) is 1. The van der Waals surface area contributed by atoms with Gasteiger partial charge in [-0.15, -0.1) is 0 Å². The van der Waals surface area contributed by atoms with Gasteiger partial charge in [-0.25, -0.2) is 4.79 Å². The Labute approximate surface area is 129 Å². The normalized spacial score (nSPS) is 16.8. The molecule has 1 saturated heterocycles. The summed E-state index contributed by atoms with van der Waals surface area (Å²) >= 11 is 0. The maximum absolute atomic E-state index is 12.0. The molecule has 0 radical (unpaired) electrons. The number of hydrogen-bond donors (Lipinski definition) is 2. The number of H-pyrrole nitrogens is 2. The number of hydrogen-bond acceptors (Lipinski definition) is 3. The van der Waals surface area contributed by atoms with Gasteiger partial charge in [-0.3, -0.25) is 14.7 Å². The number of rotatable bonds is 3. The van der Waals surface area contributed by atoms with E-state index < -0.39 is 5.69 Å². The van der Waals surface area contributed by atoms with Crippen molar-refractivity contribution in [1.29, 1.82) is 0 Å². The van der Waals surface area contributed by atoms with Crippen molar-refractivity contribution < 1.29 is 0 Å². The summed E-state index contributed by atoms with van der Waals surface area (Å²) in [5.41, 5.74) is 2.39. The summed E-state index contributed by atoms with van der Waals surface area (Å²) in [7, 11) is 0. The fraction of sp³-hybridized carbons (Fsp3) is 0.412. The van der Waals surface area contributed by atoms with E-state index in [1.165, 1.54) is 18.4 Å². The molecule has 1 aliphatic heterocycles. The molecule has 0 spiro atoms. The first-order valence-electron chi connectivity index (χ1n) is 7.74. The highest BCUT2D eigenvalue weighted by atomic mass is 16.2. The zero-order chi connectivity index (χ0) is 15.7. The van der Waals surface area contributed by atoms with Crippen LogP contribution in [0.4, 0.5) is 0 Å². The lowest BCUT2D eigenvalue weighted by atomic mass is 10.0. The molecule has 0 amide bonds. The first-order valence-corrected chi connectivity index (χ1v) is 7.74. The van der Waals surface area contributed by atoms with Gasteiger partial charge in [-0.05, 0) is 50.9 Å². The van der Waals surface area contributed by atoms with Gasteiger partial charge in [0.2, 0.25) is 0 Å². The highest BCUT2D eigenvalue weighted by Crippen LogP contribution is 2.26. The minimum atomic E-state index is -0.467. The van der Waals surface area contributed by atoms with E-state index in [0.717, 1.165) is 18.7 Å². The second kappa shape index (κ2) is 5.93. The molecule has 22 heavy (non-hydrogen) atoms. The van der Waals surface area contributed by atoms with E-state index in [0.29, 0.717) is 17.3 Å². The first-order chi connectivity index (χ1) is 10.6. The lowest BCUT2D eigenvalue weighted by molar-refractivity contribution is 0.263. The van der Waals surface area contributed by atoms with Crippen LogP contribution >= 0.6 is 0 Å². The minimum Gasteiger partial charge on any atom is -0.311 e. The van der Waals surface area contributed by atoms with Crippen LogP contribution < -0.4 is 11.2 Å². The van der Waals surface area contributed by atoms with E-state index in [4.69, 9.17) is 0 Å². The van der Waals surface area contributed by atoms with E-state index in [2.05, 4.69) is 33.9 Å². The molecule has 1 unspecified atom stereocenters. The lowest BCUT2D eigenvalue weighted by Crippen LogP contribution is -2.25. The van der Waals surface area contributed by atoms with Crippen molar-refractivity contribution in [3.8, 4) is 11.1 Å². The van der Waals surface area contributed by atoms with E-state index in [9.17, 15) is 9.59 Å². The quantitative estimate of drug-likeness (QED) is 0.913. The fourth-order valence-corrected chi connectivity index (χ4v) is 3.22. The maximum atomic E-state index is 12.0. The molecule has 5 nitrogen and oxygen atoms in total. The van der Waals surface area contributed by atoms with Crippen molar-refractivity contribution >= 4 is 0 Å². The molecule has 0 saturated carbocycles. The van der Waals surface area contributed by atoms with Crippen LogP contribution in [0.3, 0.4) is 0 Å². The number of nitrogens with one attached hydrogen (secondary N) is 2. The summed E-state index contributed by atoms with van der Waals surface area (Å²) in [4.78, 5) is 30.7. The third-order valence-corrected chi connectivity index (χ3v) is 4.50. The zero-order valence-corrected chi connectivity index (χ0v) is 13.0. The molecule has 2 aromatic rings. The Morgan fingerprint density at radius 2 is 1.68 bits per heavy atom. The summed E-state index contributed by atoms with van der Waals surface area (Å²) < 4.78 is 0. The Kier molecular flexibility index (Phi) is 3.98. The van der Waals surface area contributed by atoms with Crippen LogP contribution in [0.1, 0.15) is 37.1 Å². The summed E-state index contributed by atoms with van der Waals surface area (Å²) in [5, 5.41) is 0. The standard InChI is InChI=1S/C17H21N3O2/c1-11-15(16(21)19-17(22)18-11)14-7-5-13(6-8-14)12(2)20-9-3-4-10-20/h5-8,12H,3-4,9-10H2,1-2H3,(H2,18,19,21,22). The smallest absolute Gasteiger partial charge is 0.311 e. The Morgan fingerprint density at radius 1 is 1.05 bits per heavy atom. The Bertz CT molecular complexity index is 768. The molecule has 2 N–H and O–H groups in total. The molecule has 1 aromatic carbocycles. The van der Waals surface area contributed by atoms with Crippen LogP contribution in [0.2, 0.25) is 0 Å². The Hall–Kier alpha value is -2.14. The fourth-order valence-electron chi connectivity index (χ4n) is 3.22. The number of aryl methyl sites for hydroxylation is 1. The third-order valence-electron chi connectivity index (χ3n) is 4.50. The van der Waals surface area contributed by atoms with Crippen molar-refractivity contribution in [2.24, 2.45) is 0 Å². The SMILES string of the molecule is Cc1[nH]c(=O)[nH]c(=O)c1-c1ccc(C(C)N2CCCC2)cc1. The molecular formula is C17H21N3O2. The van der Waals surface area contributed by atoms with Crippen LogP contribution in [0.15, 0.2) is 33.9 Å². The summed E-state index contributed by atoms with van der Waals surface area (Å²) in [5.74, 6) is 0. The predicted molar refractivity (Wildman–Crippen MR) is 87.1 cm³/mol. The van der Waals surface area contributed by atoms with Crippen LogP contribution in [-0.4, -0.2) is 28.0 Å². The molecule has 1 aliphatic rings. The number of aromatic amines is 2. The minimum absolute atomic E-state index is 0.346. The number of likely N-dealkylation sites (tertiary alicyclic amines) is 1. The van der Waals surface area contributed by atoms with Crippen molar-refractivity contribution in [3.05, 3.63) is 56.4 Å². The highest BCUT2D eigenvalue weighted by molar-refractivity contribution is 5.64. The molecule has 0 bridgehead atoms. The van der Waals surface area contributed by atoms with E-state index in [1.54, 1.807) is 6.92 Å². The van der Waals surface area contributed by atoms with E-state index in [1.807, 2.05) is 12.1 Å². The molecule has 1 atom stereocenters.